The Hall–Kier alpha value is -2.71. The quantitative estimate of drug-likeness (QED) is 0.729. The summed E-state index contributed by atoms with van der Waals surface area (Å²) in [6.07, 6.45) is 4.44. The molecule has 0 bridgehead atoms. The highest BCUT2D eigenvalue weighted by Crippen LogP contribution is 2.17. The van der Waals surface area contributed by atoms with Gasteiger partial charge in [-0.15, -0.1) is 0 Å². The van der Waals surface area contributed by atoms with Crippen molar-refractivity contribution < 1.29 is 14.3 Å². The Kier molecular flexibility index (Phi) is 5.11. The van der Waals surface area contributed by atoms with Crippen molar-refractivity contribution in [1.29, 1.82) is 0 Å². The molecule has 1 fully saturated rings. The van der Waals surface area contributed by atoms with Gasteiger partial charge in [-0.1, -0.05) is 0 Å². The SMILES string of the molecule is NC1(C(=O)NCC(=O)Nc2ccc(-n3cccn3)cc2)CCOCC1. The standard InChI is InChI=1S/C17H21N5O3/c18-17(6-10-25-11-7-17)16(24)19-12-15(23)21-13-2-4-14(5-3-13)22-9-1-8-20-22/h1-5,8-9H,6-7,10-12,18H2,(H,19,24)(H,21,23). The molecule has 2 aromatic rings. The van der Waals surface area contributed by atoms with E-state index in [1.54, 1.807) is 23.0 Å². The lowest BCUT2D eigenvalue weighted by molar-refractivity contribution is -0.131. The van der Waals surface area contributed by atoms with Crippen LogP contribution < -0.4 is 16.4 Å². The number of nitrogens with zero attached hydrogens (tertiary/aromatic N) is 2. The van der Waals surface area contributed by atoms with E-state index in [-0.39, 0.29) is 18.4 Å². The normalized spacial score (nSPS) is 16.2. The molecule has 3 rings (SSSR count). The second-order valence-electron chi connectivity index (χ2n) is 6.00. The first-order valence-corrected chi connectivity index (χ1v) is 8.12. The van der Waals surface area contributed by atoms with Gasteiger partial charge in [-0.3, -0.25) is 9.59 Å². The van der Waals surface area contributed by atoms with Crippen LogP contribution in [0, 0.1) is 0 Å². The number of carbonyl (C=O) groups is 2. The molecular formula is C17H21N5O3. The molecule has 1 aromatic carbocycles. The van der Waals surface area contributed by atoms with Gasteiger partial charge in [-0.05, 0) is 43.2 Å². The molecule has 1 aromatic heterocycles. The molecule has 2 heterocycles. The highest BCUT2D eigenvalue weighted by Gasteiger charge is 2.35. The molecule has 1 aliphatic rings. The monoisotopic (exact) mass is 343 g/mol. The molecule has 0 spiro atoms. The minimum Gasteiger partial charge on any atom is -0.381 e. The Bertz CT molecular complexity index is 721. The second kappa shape index (κ2) is 7.45. The lowest BCUT2D eigenvalue weighted by atomic mass is 9.90. The summed E-state index contributed by atoms with van der Waals surface area (Å²) in [7, 11) is 0. The molecule has 132 valence electrons. The number of hydrogen-bond donors (Lipinski definition) is 3. The van der Waals surface area contributed by atoms with E-state index in [0.29, 0.717) is 31.7 Å². The predicted octanol–water partition coefficient (Wildman–Crippen LogP) is 0.435. The number of ether oxygens (including phenoxy) is 1. The van der Waals surface area contributed by atoms with Crippen LogP contribution >= 0.6 is 0 Å². The van der Waals surface area contributed by atoms with Crippen LogP contribution in [0.3, 0.4) is 0 Å². The lowest BCUT2D eigenvalue weighted by Crippen LogP contribution is -2.57. The molecule has 4 N–H and O–H groups in total. The second-order valence-corrected chi connectivity index (χ2v) is 6.00. The van der Waals surface area contributed by atoms with Gasteiger partial charge in [0, 0.05) is 31.3 Å². The van der Waals surface area contributed by atoms with Crippen LogP contribution in [0.5, 0.6) is 0 Å². The fourth-order valence-electron chi connectivity index (χ4n) is 2.62. The molecule has 1 saturated heterocycles. The van der Waals surface area contributed by atoms with Crippen molar-refractivity contribution in [2.45, 2.75) is 18.4 Å². The largest absolute Gasteiger partial charge is 0.381 e. The molecule has 0 radical (unpaired) electrons. The number of rotatable bonds is 5. The van der Waals surface area contributed by atoms with Crippen LogP contribution in [0.2, 0.25) is 0 Å². The predicted molar refractivity (Wildman–Crippen MR) is 92.2 cm³/mol. The number of aromatic nitrogens is 2. The van der Waals surface area contributed by atoms with E-state index < -0.39 is 5.54 Å². The highest BCUT2D eigenvalue weighted by molar-refractivity contribution is 5.96. The van der Waals surface area contributed by atoms with Gasteiger partial charge < -0.3 is 21.1 Å². The third-order valence-electron chi connectivity index (χ3n) is 4.17. The van der Waals surface area contributed by atoms with Crippen LogP contribution in [-0.2, 0) is 14.3 Å². The molecule has 2 amide bonds. The van der Waals surface area contributed by atoms with Crippen LogP contribution in [0.25, 0.3) is 5.69 Å². The van der Waals surface area contributed by atoms with E-state index in [0.717, 1.165) is 5.69 Å². The molecule has 0 saturated carbocycles. The van der Waals surface area contributed by atoms with Crippen LogP contribution in [0.15, 0.2) is 42.7 Å². The van der Waals surface area contributed by atoms with E-state index in [1.165, 1.54) is 0 Å². The Morgan fingerprint density at radius 2 is 1.96 bits per heavy atom. The molecule has 0 aliphatic carbocycles. The average Bonchev–Trinajstić information content (AvgIpc) is 3.15. The molecular weight excluding hydrogens is 322 g/mol. The molecule has 25 heavy (non-hydrogen) atoms. The Balaban J connectivity index is 1.50. The zero-order chi connectivity index (χ0) is 17.7. The van der Waals surface area contributed by atoms with Crippen LogP contribution in [0.1, 0.15) is 12.8 Å². The summed E-state index contributed by atoms with van der Waals surface area (Å²) in [5.41, 5.74) is 6.65. The zero-order valence-corrected chi connectivity index (χ0v) is 13.8. The molecule has 0 unspecified atom stereocenters. The first-order chi connectivity index (χ1) is 12.1. The average molecular weight is 343 g/mol. The number of nitrogens with one attached hydrogen (secondary N) is 2. The van der Waals surface area contributed by atoms with Gasteiger partial charge in [0.1, 0.15) is 0 Å². The van der Waals surface area contributed by atoms with Crippen molar-refractivity contribution in [3.05, 3.63) is 42.7 Å². The molecule has 1 aliphatic heterocycles. The summed E-state index contributed by atoms with van der Waals surface area (Å²) in [5.74, 6) is -0.629. The van der Waals surface area contributed by atoms with Gasteiger partial charge in [0.15, 0.2) is 0 Å². The minimum atomic E-state index is -0.954. The fraction of sp³-hybridized carbons (Fsp3) is 0.353. The summed E-state index contributed by atoms with van der Waals surface area (Å²) in [6.45, 7) is 0.789. The summed E-state index contributed by atoms with van der Waals surface area (Å²) in [5, 5.41) is 9.48. The van der Waals surface area contributed by atoms with Gasteiger partial charge in [-0.25, -0.2) is 4.68 Å². The fourth-order valence-corrected chi connectivity index (χ4v) is 2.62. The van der Waals surface area contributed by atoms with Crippen molar-refractivity contribution in [3.8, 4) is 5.69 Å². The number of carbonyl (C=O) groups excluding carboxylic acids is 2. The van der Waals surface area contributed by atoms with E-state index in [4.69, 9.17) is 10.5 Å². The Labute approximate surface area is 145 Å². The van der Waals surface area contributed by atoms with Gasteiger partial charge in [0.05, 0.1) is 17.8 Å². The van der Waals surface area contributed by atoms with Crippen LogP contribution in [0.4, 0.5) is 5.69 Å². The van der Waals surface area contributed by atoms with Crippen LogP contribution in [-0.4, -0.2) is 46.9 Å². The summed E-state index contributed by atoms with van der Waals surface area (Å²) < 4.78 is 6.93. The number of hydrogen-bond acceptors (Lipinski definition) is 5. The summed E-state index contributed by atoms with van der Waals surface area (Å²) in [4.78, 5) is 24.2. The van der Waals surface area contributed by atoms with Crippen molar-refractivity contribution in [2.75, 3.05) is 25.1 Å². The third kappa shape index (κ3) is 4.23. The Morgan fingerprint density at radius 3 is 2.60 bits per heavy atom. The lowest BCUT2D eigenvalue weighted by Gasteiger charge is -2.31. The Morgan fingerprint density at radius 1 is 1.24 bits per heavy atom. The number of amides is 2. The van der Waals surface area contributed by atoms with Gasteiger partial charge >= 0.3 is 0 Å². The summed E-state index contributed by atoms with van der Waals surface area (Å²) >= 11 is 0. The first-order valence-electron chi connectivity index (χ1n) is 8.12. The smallest absolute Gasteiger partial charge is 0.243 e. The van der Waals surface area contributed by atoms with E-state index >= 15 is 0 Å². The molecule has 8 heteroatoms. The van der Waals surface area contributed by atoms with Crippen molar-refractivity contribution in [3.63, 3.8) is 0 Å². The van der Waals surface area contributed by atoms with Crippen molar-refractivity contribution >= 4 is 17.5 Å². The first kappa shape index (κ1) is 17.1. The van der Waals surface area contributed by atoms with E-state index in [2.05, 4.69) is 15.7 Å². The number of benzene rings is 1. The third-order valence-corrected chi connectivity index (χ3v) is 4.17. The zero-order valence-electron chi connectivity index (χ0n) is 13.8. The maximum absolute atomic E-state index is 12.2. The minimum absolute atomic E-state index is 0.125. The number of anilines is 1. The maximum Gasteiger partial charge on any atom is 0.243 e. The van der Waals surface area contributed by atoms with Gasteiger partial charge in [-0.2, -0.15) is 5.10 Å². The van der Waals surface area contributed by atoms with Crippen molar-refractivity contribution in [1.82, 2.24) is 15.1 Å². The van der Waals surface area contributed by atoms with Gasteiger partial charge in [0.25, 0.3) is 0 Å². The number of nitrogens with two attached hydrogens (primary N) is 1. The maximum atomic E-state index is 12.2. The van der Waals surface area contributed by atoms with Crippen molar-refractivity contribution in [2.24, 2.45) is 5.73 Å². The molecule has 8 nitrogen and oxygen atoms in total. The van der Waals surface area contributed by atoms with E-state index in [9.17, 15) is 9.59 Å². The molecule has 0 atom stereocenters. The van der Waals surface area contributed by atoms with Gasteiger partial charge in [0.2, 0.25) is 11.8 Å². The highest BCUT2D eigenvalue weighted by atomic mass is 16.5. The topological polar surface area (TPSA) is 111 Å². The van der Waals surface area contributed by atoms with E-state index in [1.807, 2.05) is 24.4 Å². The summed E-state index contributed by atoms with van der Waals surface area (Å²) in [6, 6.07) is 9.08.